The van der Waals surface area contributed by atoms with Crippen molar-refractivity contribution in [2.24, 2.45) is 0 Å². The minimum absolute atomic E-state index is 0.294. The monoisotopic (exact) mass is 345 g/mol. The first-order chi connectivity index (χ1) is 10.2. The Labute approximate surface area is 133 Å². The highest BCUT2D eigenvalue weighted by Gasteiger charge is 2.17. The van der Waals surface area contributed by atoms with E-state index in [4.69, 9.17) is 4.42 Å². The van der Waals surface area contributed by atoms with Crippen LogP contribution in [0.25, 0.3) is 21.7 Å². The molecule has 1 atom stereocenters. The highest BCUT2D eigenvalue weighted by Crippen LogP contribution is 2.36. The van der Waals surface area contributed by atoms with Crippen molar-refractivity contribution < 1.29 is 4.42 Å². The van der Waals surface area contributed by atoms with E-state index in [1.807, 2.05) is 0 Å². The molecule has 1 N–H and O–H groups in total. The van der Waals surface area contributed by atoms with Gasteiger partial charge in [-0.25, -0.2) is 0 Å². The number of rotatable bonds is 5. The molecule has 2 nitrogen and oxygen atoms in total. The van der Waals surface area contributed by atoms with Crippen LogP contribution in [0, 0.1) is 0 Å². The van der Waals surface area contributed by atoms with Crippen molar-refractivity contribution >= 4 is 37.7 Å². The van der Waals surface area contributed by atoms with E-state index in [2.05, 4.69) is 71.5 Å². The van der Waals surface area contributed by atoms with Crippen LogP contribution in [0.15, 0.2) is 45.3 Å². The zero-order valence-corrected chi connectivity index (χ0v) is 14.0. The Hall–Kier alpha value is -1.32. The van der Waals surface area contributed by atoms with Crippen LogP contribution in [0.3, 0.4) is 0 Å². The number of benzene rings is 2. The van der Waals surface area contributed by atoms with Crippen molar-refractivity contribution in [1.29, 1.82) is 0 Å². The number of furan rings is 1. The Morgan fingerprint density at radius 1 is 1.14 bits per heavy atom. The van der Waals surface area contributed by atoms with Gasteiger partial charge in [-0.05, 0) is 51.8 Å². The van der Waals surface area contributed by atoms with Gasteiger partial charge < -0.3 is 9.73 Å². The lowest BCUT2D eigenvalue weighted by atomic mass is 10.1. The molecular weight excluding hydrogens is 326 g/mol. The Morgan fingerprint density at radius 3 is 2.71 bits per heavy atom. The number of hydrogen-bond acceptors (Lipinski definition) is 2. The number of hydrogen-bond donors (Lipinski definition) is 1. The Kier molecular flexibility index (Phi) is 4.32. The minimum atomic E-state index is 0.294. The molecular formula is C18H20BrNO. The fourth-order valence-electron chi connectivity index (χ4n) is 2.87. The van der Waals surface area contributed by atoms with Crippen molar-refractivity contribution in [3.63, 3.8) is 0 Å². The molecule has 0 radical (unpaired) electrons. The average molecular weight is 346 g/mol. The van der Waals surface area contributed by atoms with E-state index in [9.17, 15) is 0 Å². The normalized spacial score (nSPS) is 13.1. The van der Waals surface area contributed by atoms with E-state index in [0.29, 0.717) is 6.04 Å². The quantitative estimate of drug-likeness (QED) is 0.632. The number of fused-ring (bicyclic) bond motifs is 2. The first kappa shape index (κ1) is 14.6. The Morgan fingerprint density at radius 2 is 1.95 bits per heavy atom. The second-order valence-corrected chi connectivity index (χ2v) is 6.17. The topological polar surface area (TPSA) is 25.2 Å². The zero-order valence-electron chi connectivity index (χ0n) is 12.4. The molecule has 2 aromatic carbocycles. The standard InChI is InChI=1S/C18H20BrNO/c1-3-7-15(20-4-2)16-11-13-10-12-8-5-6-9-14(12)17(19)18(13)21-16/h5-6,8-11,15,20H,3-4,7H2,1-2H3. The van der Waals surface area contributed by atoms with Crippen LogP contribution in [0.2, 0.25) is 0 Å². The summed E-state index contributed by atoms with van der Waals surface area (Å²) in [6.45, 7) is 5.29. The Bertz CT molecular complexity index is 756. The first-order valence-corrected chi connectivity index (χ1v) is 8.38. The molecule has 0 bridgehead atoms. The van der Waals surface area contributed by atoms with E-state index in [0.717, 1.165) is 40.6 Å². The number of nitrogens with one attached hydrogen (secondary N) is 1. The summed E-state index contributed by atoms with van der Waals surface area (Å²) >= 11 is 3.71. The fourth-order valence-corrected chi connectivity index (χ4v) is 3.54. The van der Waals surface area contributed by atoms with E-state index in [1.54, 1.807) is 0 Å². The molecule has 110 valence electrons. The molecule has 0 aliphatic heterocycles. The highest BCUT2D eigenvalue weighted by atomic mass is 79.9. The van der Waals surface area contributed by atoms with E-state index >= 15 is 0 Å². The van der Waals surface area contributed by atoms with Gasteiger partial charge in [0.25, 0.3) is 0 Å². The molecule has 0 aliphatic rings. The summed E-state index contributed by atoms with van der Waals surface area (Å²) in [5, 5.41) is 7.11. The minimum Gasteiger partial charge on any atom is -0.458 e. The second-order valence-electron chi connectivity index (χ2n) is 5.38. The van der Waals surface area contributed by atoms with Crippen LogP contribution >= 0.6 is 15.9 Å². The van der Waals surface area contributed by atoms with E-state index < -0.39 is 0 Å². The van der Waals surface area contributed by atoms with E-state index in [-0.39, 0.29) is 0 Å². The van der Waals surface area contributed by atoms with Crippen LogP contribution in [-0.4, -0.2) is 6.54 Å². The lowest BCUT2D eigenvalue weighted by molar-refractivity contribution is 0.414. The molecule has 0 aliphatic carbocycles. The van der Waals surface area contributed by atoms with Gasteiger partial charge in [0.15, 0.2) is 0 Å². The van der Waals surface area contributed by atoms with Gasteiger partial charge in [0.1, 0.15) is 11.3 Å². The van der Waals surface area contributed by atoms with Gasteiger partial charge in [0.05, 0.1) is 10.5 Å². The molecule has 0 spiro atoms. The number of halogens is 1. The summed E-state index contributed by atoms with van der Waals surface area (Å²) in [5.74, 6) is 1.03. The molecule has 21 heavy (non-hydrogen) atoms. The predicted octanol–water partition coefficient (Wildman–Crippen LogP) is 5.80. The summed E-state index contributed by atoms with van der Waals surface area (Å²) in [5.41, 5.74) is 0.947. The molecule has 0 saturated heterocycles. The van der Waals surface area contributed by atoms with Gasteiger partial charge in [-0.2, -0.15) is 0 Å². The summed E-state index contributed by atoms with van der Waals surface area (Å²) in [7, 11) is 0. The lowest BCUT2D eigenvalue weighted by Gasteiger charge is -2.13. The van der Waals surface area contributed by atoms with Crippen molar-refractivity contribution in [2.75, 3.05) is 6.54 Å². The summed E-state index contributed by atoms with van der Waals surface area (Å²) in [6, 6.07) is 13.1. The highest BCUT2D eigenvalue weighted by molar-refractivity contribution is 9.10. The molecule has 1 heterocycles. The third-order valence-electron chi connectivity index (χ3n) is 3.86. The van der Waals surface area contributed by atoms with Gasteiger partial charge >= 0.3 is 0 Å². The Balaban J connectivity index is 2.14. The van der Waals surface area contributed by atoms with Crippen molar-refractivity contribution in [1.82, 2.24) is 5.32 Å². The second kappa shape index (κ2) is 6.20. The largest absolute Gasteiger partial charge is 0.458 e. The van der Waals surface area contributed by atoms with Crippen LogP contribution < -0.4 is 5.32 Å². The zero-order chi connectivity index (χ0) is 14.8. The van der Waals surface area contributed by atoms with Gasteiger partial charge in [-0.1, -0.05) is 44.5 Å². The summed E-state index contributed by atoms with van der Waals surface area (Å²) < 4.78 is 7.21. The molecule has 3 rings (SSSR count). The van der Waals surface area contributed by atoms with Crippen LogP contribution in [0.5, 0.6) is 0 Å². The van der Waals surface area contributed by atoms with Crippen molar-refractivity contribution in [3.8, 4) is 0 Å². The van der Waals surface area contributed by atoms with Gasteiger partial charge in [-0.3, -0.25) is 0 Å². The molecule has 1 unspecified atom stereocenters. The fraction of sp³-hybridized carbons (Fsp3) is 0.333. The smallest absolute Gasteiger partial charge is 0.149 e. The van der Waals surface area contributed by atoms with Crippen LogP contribution in [-0.2, 0) is 0 Å². The molecule has 3 heteroatoms. The maximum absolute atomic E-state index is 6.16. The first-order valence-electron chi connectivity index (χ1n) is 7.58. The van der Waals surface area contributed by atoms with E-state index in [1.165, 1.54) is 10.8 Å². The van der Waals surface area contributed by atoms with Gasteiger partial charge in [-0.15, -0.1) is 0 Å². The molecule has 0 fully saturated rings. The summed E-state index contributed by atoms with van der Waals surface area (Å²) in [6.07, 6.45) is 2.22. The van der Waals surface area contributed by atoms with Gasteiger partial charge in [0.2, 0.25) is 0 Å². The van der Waals surface area contributed by atoms with Crippen LogP contribution in [0.1, 0.15) is 38.5 Å². The maximum atomic E-state index is 6.16. The SMILES string of the molecule is CCCC(NCC)c1cc2cc3ccccc3c(Br)c2o1. The van der Waals surface area contributed by atoms with Crippen molar-refractivity contribution in [3.05, 3.63) is 46.6 Å². The summed E-state index contributed by atoms with van der Waals surface area (Å²) in [4.78, 5) is 0. The van der Waals surface area contributed by atoms with Crippen LogP contribution in [0.4, 0.5) is 0 Å². The van der Waals surface area contributed by atoms with Gasteiger partial charge in [0, 0.05) is 5.39 Å². The lowest BCUT2D eigenvalue weighted by Crippen LogP contribution is -2.20. The molecule has 0 saturated carbocycles. The molecule has 0 amide bonds. The van der Waals surface area contributed by atoms with Crippen molar-refractivity contribution in [2.45, 2.75) is 32.7 Å². The average Bonchev–Trinajstić information content (AvgIpc) is 2.91. The third-order valence-corrected chi connectivity index (χ3v) is 4.65. The molecule has 3 aromatic rings. The maximum Gasteiger partial charge on any atom is 0.149 e. The predicted molar refractivity (Wildman–Crippen MR) is 92.7 cm³/mol. The molecule has 1 aromatic heterocycles. The third kappa shape index (κ3) is 2.72.